The number of hydrogen-bond acceptors (Lipinski definition) is 9. The minimum Gasteiger partial charge on any atom is -0.390 e. The van der Waals surface area contributed by atoms with E-state index in [0.717, 1.165) is 57.8 Å². The smallest absolute Gasteiger partial charge is 0.222 e. The Morgan fingerprint density at radius 2 is 1.80 bits per heavy atom. The molecule has 0 aromatic heterocycles. The lowest BCUT2D eigenvalue weighted by Gasteiger charge is -2.44. The number of aliphatic hydroxyl groups is 2. The van der Waals surface area contributed by atoms with Crippen molar-refractivity contribution in [2.75, 3.05) is 13.2 Å². The molecule has 2 aliphatic heterocycles. The fourth-order valence-corrected chi connectivity index (χ4v) is 8.51. The Morgan fingerprint density at radius 1 is 1.00 bits per heavy atom. The summed E-state index contributed by atoms with van der Waals surface area (Å²) in [6, 6.07) is 0.0964. The number of fused-ring (bicyclic) bond motifs is 3. The van der Waals surface area contributed by atoms with Crippen molar-refractivity contribution >= 4 is 29.1 Å². The van der Waals surface area contributed by atoms with E-state index in [-0.39, 0.29) is 53.6 Å². The monoisotopic (exact) mass is 638 g/mol. The van der Waals surface area contributed by atoms with Crippen molar-refractivity contribution in [3.63, 3.8) is 0 Å². The number of nitrogens with zero attached hydrogens (tertiary/aromatic N) is 2. The van der Waals surface area contributed by atoms with E-state index in [0.29, 0.717) is 57.2 Å². The molecule has 3 aliphatic carbocycles. The molecule has 0 spiro atoms. The molecule has 5 aliphatic rings. The number of hydrogen-bond donors (Lipinski definition) is 6. The van der Waals surface area contributed by atoms with Crippen molar-refractivity contribution < 1.29 is 24.5 Å². The molecule has 0 aromatic rings. The minimum absolute atomic E-state index is 0.00347. The molecule has 9 atom stereocenters. The van der Waals surface area contributed by atoms with Crippen LogP contribution >= 0.6 is 11.6 Å². The van der Waals surface area contributed by atoms with Crippen LogP contribution in [0.3, 0.4) is 0 Å². The molecule has 0 aromatic carbocycles. The van der Waals surface area contributed by atoms with Gasteiger partial charge < -0.3 is 25.6 Å². The van der Waals surface area contributed by atoms with Crippen molar-refractivity contribution in [1.29, 1.82) is 0 Å². The number of amides is 2. The van der Waals surface area contributed by atoms with Crippen molar-refractivity contribution in [3.8, 4) is 0 Å². The second kappa shape index (κ2) is 16.0. The Morgan fingerprint density at radius 3 is 2.55 bits per heavy atom. The molecule has 2 amide bonds. The lowest BCUT2D eigenvalue weighted by Crippen LogP contribution is -2.55. The second-order valence-electron chi connectivity index (χ2n) is 13.7. The van der Waals surface area contributed by atoms with E-state index in [2.05, 4.69) is 33.3 Å². The summed E-state index contributed by atoms with van der Waals surface area (Å²) in [6.45, 7) is 5.38. The quantitative estimate of drug-likeness (QED) is 0.149. The molecule has 250 valence electrons. The summed E-state index contributed by atoms with van der Waals surface area (Å²) < 4.78 is 6.46. The number of aliphatic hydroxyl groups excluding tert-OH is 2. The highest BCUT2D eigenvalue weighted by atomic mass is 35.5. The number of halogens is 1. The van der Waals surface area contributed by atoms with Gasteiger partial charge in [-0.3, -0.25) is 19.5 Å². The van der Waals surface area contributed by atoms with Crippen molar-refractivity contribution in [1.82, 2.24) is 26.4 Å². The first-order valence-electron chi connectivity index (χ1n) is 17.3. The van der Waals surface area contributed by atoms with E-state index >= 15 is 0 Å². The van der Waals surface area contributed by atoms with Gasteiger partial charge in [-0.05, 0) is 96.8 Å². The molecule has 0 radical (unpaired) electrons. The minimum atomic E-state index is -0.759. The number of ether oxygens (including phenoxy) is 1. The number of unbranched alkanes of at least 4 members (excludes halogenated alkanes) is 1. The second-order valence-corrected chi connectivity index (χ2v) is 14.4. The van der Waals surface area contributed by atoms with E-state index in [4.69, 9.17) is 21.3 Å². The van der Waals surface area contributed by atoms with Gasteiger partial charge in [0.05, 0.1) is 43.1 Å². The Bertz CT molecular complexity index is 996. The fourth-order valence-electron chi connectivity index (χ4n) is 8.26. The van der Waals surface area contributed by atoms with Crippen LogP contribution in [0.4, 0.5) is 0 Å². The van der Waals surface area contributed by atoms with Gasteiger partial charge in [0, 0.05) is 48.7 Å². The fraction of sp³-hybridized carbons (Fsp3) is 0.906. The van der Waals surface area contributed by atoms with Gasteiger partial charge >= 0.3 is 0 Å². The molecule has 4 fully saturated rings. The number of carbonyl (C=O) groups excluding carboxylic acids is 2. The van der Waals surface area contributed by atoms with Crippen LogP contribution in [0.2, 0.25) is 0 Å². The van der Waals surface area contributed by atoms with E-state index in [9.17, 15) is 19.8 Å². The zero-order valence-corrected chi connectivity index (χ0v) is 27.3. The Kier molecular flexibility index (Phi) is 12.3. The van der Waals surface area contributed by atoms with Crippen LogP contribution in [0, 0.1) is 11.8 Å². The molecular formula is C32H55ClN6O5. The number of carbonyl (C=O) groups is 2. The predicted molar refractivity (Wildman–Crippen MR) is 170 cm³/mol. The highest BCUT2D eigenvalue weighted by molar-refractivity contribution is 6.20. The maximum Gasteiger partial charge on any atom is 0.222 e. The van der Waals surface area contributed by atoms with E-state index in [1.54, 1.807) is 0 Å². The highest BCUT2D eigenvalue weighted by Gasteiger charge is 2.50. The van der Waals surface area contributed by atoms with Crippen molar-refractivity contribution in [2.45, 2.75) is 158 Å². The Labute approximate surface area is 267 Å². The summed E-state index contributed by atoms with van der Waals surface area (Å²) in [5.74, 6) is 0.708. The van der Waals surface area contributed by atoms with Crippen LogP contribution in [-0.4, -0.2) is 99.9 Å². The molecule has 2 heterocycles. The summed E-state index contributed by atoms with van der Waals surface area (Å²) in [6.07, 6.45) is 9.83. The number of aliphatic imine (C=N–C) groups is 1. The topological polar surface area (TPSA) is 148 Å². The number of rotatable bonds is 11. The lowest BCUT2D eigenvalue weighted by atomic mass is 9.72. The van der Waals surface area contributed by atoms with Gasteiger partial charge in [-0.25, -0.2) is 10.9 Å². The third-order valence-electron chi connectivity index (χ3n) is 10.6. The molecule has 44 heavy (non-hydrogen) atoms. The van der Waals surface area contributed by atoms with E-state index in [1.807, 2.05) is 6.92 Å². The first-order valence-corrected chi connectivity index (χ1v) is 17.7. The summed E-state index contributed by atoms with van der Waals surface area (Å²) in [5.41, 5.74) is 8.19. The van der Waals surface area contributed by atoms with E-state index in [1.165, 1.54) is 5.71 Å². The van der Waals surface area contributed by atoms with Gasteiger partial charge in [0.2, 0.25) is 11.8 Å². The number of alkyl halides is 1. The molecule has 8 unspecified atom stereocenters. The first-order chi connectivity index (χ1) is 21.2. The number of nitrogens with one attached hydrogen (secondary N) is 4. The molecule has 0 bridgehead atoms. The first kappa shape index (κ1) is 34.0. The largest absolute Gasteiger partial charge is 0.390 e. The normalized spacial score (nSPS) is 39.5. The Hall–Kier alpha value is -1.34. The van der Waals surface area contributed by atoms with Gasteiger partial charge in [-0.15, -0.1) is 11.6 Å². The summed E-state index contributed by atoms with van der Waals surface area (Å²) in [5, 5.41) is 25.8. The standard InChI is InChI=1S/C32H55ClN6O5/c1-3-34-30(43)18-25-32-38-37-19(2)39(32)26-13-12-23(17-24(26)31(36-25)20-7-9-21(33)10-8-20)44-15-5-4-6-29(42)35-22-11-14-27(40)28(41)16-22/h19-28,32,37-38,40-41H,3-18H2,1-2H3,(H,34,43)(H,35,42)/t19?,20?,21?,22?,23?,24?,25-,26?,27?,28?,32?/m0/s1. The summed E-state index contributed by atoms with van der Waals surface area (Å²) in [7, 11) is 0. The average Bonchev–Trinajstić information content (AvgIpc) is 3.32. The molecule has 11 nitrogen and oxygen atoms in total. The zero-order valence-electron chi connectivity index (χ0n) is 26.6. The maximum absolute atomic E-state index is 12.8. The summed E-state index contributed by atoms with van der Waals surface area (Å²) >= 11 is 6.52. The zero-order chi connectivity index (χ0) is 31.2. The van der Waals surface area contributed by atoms with Crippen LogP contribution in [-0.2, 0) is 14.3 Å². The van der Waals surface area contributed by atoms with Gasteiger partial charge in [0.15, 0.2) is 0 Å². The SMILES string of the molecule is CCNC(=O)C[C@@H]1N=C(C2CCC(Cl)CC2)C2CC(OCCCCC(=O)NC3CCC(O)C(O)C3)CCC2N2C(C)NNC12. The molecule has 6 N–H and O–H groups in total. The number of hydrazine groups is 1. The average molecular weight is 639 g/mol. The molecule has 1 saturated heterocycles. The lowest BCUT2D eigenvalue weighted by molar-refractivity contribution is -0.123. The highest BCUT2D eigenvalue weighted by Crippen LogP contribution is 2.42. The van der Waals surface area contributed by atoms with Crippen LogP contribution in [0.25, 0.3) is 0 Å². The molecule has 5 rings (SSSR count). The third kappa shape index (κ3) is 8.52. The predicted octanol–water partition coefficient (Wildman–Crippen LogP) is 2.33. The molecular weight excluding hydrogens is 584 g/mol. The van der Waals surface area contributed by atoms with Crippen LogP contribution < -0.4 is 21.5 Å². The van der Waals surface area contributed by atoms with Crippen LogP contribution in [0.15, 0.2) is 4.99 Å². The van der Waals surface area contributed by atoms with Gasteiger partial charge in [0.25, 0.3) is 0 Å². The van der Waals surface area contributed by atoms with Gasteiger partial charge in [-0.1, -0.05) is 0 Å². The van der Waals surface area contributed by atoms with Crippen LogP contribution in [0.5, 0.6) is 0 Å². The van der Waals surface area contributed by atoms with Crippen molar-refractivity contribution in [3.05, 3.63) is 0 Å². The van der Waals surface area contributed by atoms with E-state index < -0.39 is 12.2 Å². The summed E-state index contributed by atoms with van der Waals surface area (Å²) in [4.78, 5) is 33.3. The van der Waals surface area contributed by atoms with Crippen molar-refractivity contribution in [2.24, 2.45) is 16.8 Å². The molecule has 12 heteroatoms. The molecule has 3 saturated carbocycles. The van der Waals surface area contributed by atoms with Gasteiger partial charge in [0.1, 0.15) is 0 Å². The van der Waals surface area contributed by atoms with Crippen LogP contribution in [0.1, 0.15) is 104 Å². The van der Waals surface area contributed by atoms with Gasteiger partial charge in [-0.2, -0.15) is 0 Å². The Balaban J connectivity index is 1.19. The third-order valence-corrected chi connectivity index (χ3v) is 11.0. The maximum atomic E-state index is 12.8.